The summed E-state index contributed by atoms with van der Waals surface area (Å²) in [6, 6.07) is 0.796. The Labute approximate surface area is 121 Å². The Hall–Kier alpha value is -0.870. The first kappa shape index (κ1) is 12.8. The molecular weight excluding hydrogens is 248 g/mol. The van der Waals surface area contributed by atoms with E-state index in [1.165, 1.54) is 58.3 Å². The average molecular weight is 274 g/mol. The van der Waals surface area contributed by atoms with Crippen molar-refractivity contribution in [3.63, 3.8) is 0 Å². The lowest BCUT2D eigenvalue weighted by Gasteiger charge is -2.40. The van der Waals surface area contributed by atoms with Gasteiger partial charge in [0.2, 0.25) is 0 Å². The lowest BCUT2D eigenvalue weighted by Crippen LogP contribution is -2.46. The van der Waals surface area contributed by atoms with E-state index in [0.717, 1.165) is 30.2 Å². The molecule has 4 aliphatic rings. The van der Waals surface area contributed by atoms with Crippen LogP contribution < -0.4 is 0 Å². The van der Waals surface area contributed by atoms with E-state index in [-0.39, 0.29) is 0 Å². The highest BCUT2D eigenvalue weighted by molar-refractivity contribution is 4.94. The number of nitrogens with zero attached hydrogens (tertiary/aromatic N) is 3. The Morgan fingerprint density at radius 3 is 2.85 bits per heavy atom. The second-order valence-electron chi connectivity index (χ2n) is 7.08. The number of hydrogen-bond donors (Lipinski definition) is 1. The first-order valence-corrected chi connectivity index (χ1v) is 8.31. The zero-order valence-corrected chi connectivity index (χ0v) is 12.3. The summed E-state index contributed by atoms with van der Waals surface area (Å²) in [5, 5.41) is 0. The fourth-order valence-electron chi connectivity index (χ4n) is 4.23. The van der Waals surface area contributed by atoms with Gasteiger partial charge >= 0.3 is 0 Å². The molecule has 1 N–H and O–H groups in total. The van der Waals surface area contributed by atoms with Gasteiger partial charge in [-0.3, -0.25) is 9.80 Å². The van der Waals surface area contributed by atoms with E-state index in [2.05, 4.69) is 19.8 Å². The monoisotopic (exact) mass is 274 g/mol. The highest BCUT2D eigenvalue weighted by Gasteiger charge is 2.36. The maximum Gasteiger partial charge on any atom is 0.120 e. The number of hydrogen-bond acceptors (Lipinski definition) is 3. The molecular formula is C16H26N4. The Kier molecular flexibility index (Phi) is 3.52. The lowest BCUT2D eigenvalue weighted by molar-refractivity contribution is 0.0890. The molecule has 0 radical (unpaired) electrons. The van der Waals surface area contributed by atoms with Crippen molar-refractivity contribution in [1.29, 1.82) is 0 Å². The van der Waals surface area contributed by atoms with Gasteiger partial charge in [0.15, 0.2) is 0 Å². The molecule has 1 saturated carbocycles. The van der Waals surface area contributed by atoms with Crippen molar-refractivity contribution in [2.45, 2.75) is 44.7 Å². The molecule has 1 aromatic heterocycles. The zero-order valence-electron chi connectivity index (χ0n) is 12.3. The zero-order chi connectivity index (χ0) is 13.4. The van der Waals surface area contributed by atoms with Crippen molar-refractivity contribution >= 4 is 0 Å². The fraction of sp³-hybridized carbons (Fsp3) is 0.812. The Morgan fingerprint density at radius 2 is 2.10 bits per heavy atom. The molecule has 4 fully saturated rings. The van der Waals surface area contributed by atoms with Gasteiger partial charge in [-0.15, -0.1) is 0 Å². The van der Waals surface area contributed by atoms with Crippen LogP contribution in [0, 0.1) is 11.8 Å². The normalized spacial score (nSPS) is 32.2. The molecule has 0 spiro atoms. The topological polar surface area (TPSA) is 35.2 Å². The molecule has 2 bridgehead atoms. The van der Waals surface area contributed by atoms with Crippen molar-refractivity contribution in [1.82, 2.24) is 19.8 Å². The molecule has 1 aliphatic carbocycles. The van der Waals surface area contributed by atoms with Crippen molar-refractivity contribution in [3.05, 3.63) is 18.2 Å². The number of aromatic nitrogens is 2. The van der Waals surface area contributed by atoms with Crippen LogP contribution in [0.5, 0.6) is 0 Å². The van der Waals surface area contributed by atoms with Crippen LogP contribution in [0.1, 0.15) is 37.9 Å². The van der Waals surface area contributed by atoms with E-state index >= 15 is 0 Å². The summed E-state index contributed by atoms with van der Waals surface area (Å²) >= 11 is 0. The molecule has 4 heterocycles. The highest BCUT2D eigenvalue weighted by atomic mass is 15.3. The second-order valence-corrected chi connectivity index (χ2v) is 7.08. The van der Waals surface area contributed by atoms with E-state index in [9.17, 15) is 0 Å². The van der Waals surface area contributed by atoms with E-state index in [0.29, 0.717) is 0 Å². The third kappa shape index (κ3) is 2.63. The van der Waals surface area contributed by atoms with Crippen LogP contribution in [0.15, 0.2) is 12.4 Å². The smallest absolute Gasteiger partial charge is 0.120 e. The van der Waals surface area contributed by atoms with Crippen LogP contribution in [0.2, 0.25) is 0 Å². The average Bonchev–Trinajstić information content (AvgIpc) is 2.75. The number of H-pyrrole nitrogens is 1. The molecule has 4 heteroatoms. The molecule has 1 aromatic rings. The number of aromatic amines is 1. The van der Waals surface area contributed by atoms with Crippen LogP contribution in [0.3, 0.4) is 0 Å². The number of imidazole rings is 1. The van der Waals surface area contributed by atoms with Crippen molar-refractivity contribution in [2.24, 2.45) is 11.8 Å². The minimum absolute atomic E-state index is 0.796. The minimum atomic E-state index is 0.796. The Bertz CT molecular complexity index is 426. The van der Waals surface area contributed by atoms with Gasteiger partial charge in [-0.05, 0) is 37.5 Å². The van der Waals surface area contributed by atoms with E-state index in [1.807, 2.05) is 12.4 Å². The largest absolute Gasteiger partial charge is 0.348 e. The number of rotatable bonds is 4. The minimum Gasteiger partial charge on any atom is -0.348 e. The van der Waals surface area contributed by atoms with Gasteiger partial charge in [-0.25, -0.2) is 4.98 Å². The van der Waals surface area contributed by atoms with E-state index in [1.54, 1.807) is 0 Å². The van der Waals surface area contributed by atoms with Crippen LogP contribution in [-0.4, -0.2) is 52.0 Å². The summed E-state index contributed by atoms with van der Waals surface area (Å²) in [5.74, 6) is 3.01. The summed E-state index contributed by atoms with van der Waals surface area (Å²) in [5.41, 5.74) is 0. The van der Waals surface area contributed by atoms with Crippen LogP contribution in [0.4, 0.5) is 0 Å². The number of nitrogens with one attached hydrogen (secondary N) is 1. The van der Waals surface area contributed by atoms with Gasteiger partial charge in [0, 0.05) is 44.6 Å². The van der Waals surface area contributed by atoms with Gasteiger partial charge in [0.25, 0.3) is 0 Å². The molecule has 3 saturated heterocycles. The molecule has 20 heavy (non-hydrogen) atoms. The first-order chi connectivity index (χ1) is 9.87. The maximum atomic E-state index is 4.39. The highest BCUT2D eigenvalue weighted by Crippen LogP contribution is 2.33. The van der Waals surface area contributed by atoms with Crippen molar-refractivity contribution < 1.29 is 0 Å². The SMILES string of the molecule is c1c[nH]c(CN2C[C@H]3CC[C@@H](C2)N(CC2CCC2)C3)n1. The van der Waals surface area contributed by atoms with Gasteiger partial charge in [0.1, 0.15) is 5.82 Å². The lowest BCUT2D eigenvalue weighted by atomic mass is 9.83. The number of piperidine rings is 1. The third-order valence-electron chi connectivity index (χ3n) is 5.55. The van der Waals surface area contributed by atoms with Crippen LogP contribution in [-0.2, 0) is 6.54 Å². The maximum absolute atomic E-state index is 4.39. The third-order valence-corrected chi connectivity index (χ3v) is 5.55. The molecule has 0 amide bonds. The molecule has 2 atom stereocenters. The van der Waals surface area contributed by atoms with Gasteiger partial charge in [-0.1, -0.05) is 6.42 Å². The predicted octanol–water partition coefficient (Wildman–Crippen LogP) is 2.11. The first-order valence-electron chi connectivity index (χ1n) is 8.31. The summed E-state index contributed by atoms with van der Waals surface area (Å²) < 4.78 is 0. The van der Waals surface area contributed by atoms with Crippen LogP contribution in [0.25, 0.3) is 0 Å². The summed E-state index contributed by atoms with van der Waals surface area (Å²) in [7, 11) is 0. The quantitative estimate of drug-likeness (QED) is 0.913. The van der Waals surface area contributed by atoms with Gasteiger partial charge in [0.05, 0.1) is 6.54 Å². The summed E-state index contributed by atoms with van der Waals surface area (Å²) in [6.07, 6.45) is 11.1. The Morgan fingerprint density at radius 1 is 1.15 bits per heavy atom. The predicted molar refractivity (Wildman–Crippen MR) is 79.3 cm³/mol. The van der Waals surface area contributed by atoms with Crippen LogP contribution >= 0.6 is 0 Å². The van der Waals surface area contributed by atoms with Gasteiger partial charge < -0.3 is 4.98 Å². The fourth-order valence-corrected chi connectivity index (χ4v) is 4.23. The van der Waals surface area contributed by atoms with Gasteiger partial charge in [-0.2, -0.15) is 0 Å². The Balaban J connectivity index is 1.40. The van der Waals surface area contributed by atoms with E-state index < -0.39 is 0 Å². The molecule has 5 rings (SSSR count). The van der Waals surface area contributed by atoms with Crippen molar-refractivity contribution in [3.8, 4) is 0 Å². The molecule has 3 aliphatic heterocycles. The molecule has 4 nitrogen and oxygen atoms in total. The van der Waals surface area contributed by atoms with E-state index in [4.69, 9.17) is 0 Å². The molecule has 110 valence electrons. The number of fused-ring (bicyclic) bond motifs is 4. The van der Waals surface area contributed by atoms with Crippen molar-refractivity contribution in [2.75, 3.05) is 26.2 Å². The summed E-state index contributed by atoms with van der Waals surface area (Å²) in [4.78, 5) is 13.1. The second kappa shape index (κ2) is 5.49. The summed E-state index contributed by atoms with van der Waals surface area (Å²) in [6.45, 7) is 6.21. The molecule has 0 unspecified atom stereocenters. The standard InChI is InChI=1S/C16H26N4/c1-2-13(3-1)9-20-10-14-4-5-15(20)11-19(8-14)12-16-17-6-7-18-16/h6-7,13-15H,1-5,8-12H2,(H,17,18)/t14-,15+/m1/s1. The molecule has 0 aromatic carbocycles.